The number of benzene rings is 1. The summed E-state index contributed by atoms with van der Waals surface area (Å²) in [5.41, 5.74) is -0.224. The molecule has 0 aliphatic heterocycles. The molecule has 0 fully saturated rings. The van der Waals surface area contributed by atoms with Crippen LogP contribution in [0.25, 0.3) is 0 Å². The summed E-state index contributed by atoms with van der Waals surface area (Å²) < 4.78 is 11.2. The van der Waals surface area contributed by atoms with E-state index in [1.165, 1.54) is 0 Å². The molecule has 1 atom stereocenters. The number of carbonyl (C=O) groups excluding carboxylic acids is 1. The van der Waals surface area contributed by atoms with Gasteiger partial charge < -0.3 is 9.47 Å². The van der Waals surface area contributed by atoms with Crippen LogP contribution in [0.1, 0.15) is 33.3 Å². The molecule has 0 aliphatic rings. The highest BCUT2D eigenvalue weighted by molar-refractivity contribution is 5.80. The average molecular weight is 293 g/mol. The summed E-state index contributed by atoms with van der Waals surface area (Å²) in [6, 6.07) is 9.91. The van der Waals surface area contributed by atoms with Crippen molar-refractivity contribution in [2.45, 2.75) is 45.4 Å². The molecular weight excluding hydrogens is 266 g/mol. The summed E-state index contributed by atoms with van der Waals surface area (Å²) in [7, 11) is 3.71. The number of rotatable bonds is 6. The lowest BCUT2D eigenvalue weighted by molar-refractivity contribution is -0.171. The van der Waals surface area contributed by atoms with E-state index in [2.05, 4.69) is 0 Å². The summed E-state index contributed by atoms with van der Waals surface area (Å²) in [6.45, 7) is 8.20. The second kappa shape index (κ2) is 7.05. The highest BCUT2D eigenvalue weighted by atomic mass is 16.6. The first-order valence-corrected chi connectivity index (χ1v) is 7.18. The van der Waals surface area contributed by atoms with Crippen LogP contribution in [0.15, 0.2) is 30.3 Å². The fourth-order valence-electron chi connectivity index (χ4n) is 1.70. The molecule has 1 aromatic carbocycles. The number of esters is 1. The van der Waals surface area contributed by atoms with Crippen LogP contribution in [0.3, 0.4) is 0 Å². The molecule has 21 heavy (non-hydrogen) atoms. The van der Waals surface area contributed by atoms with Crippen molar-refractivity contribution in [1.29, 1.82) is 0 Å². The SMILES string of the molecule is CN(C)C(C)(COCc1ccccc1)C(=O)OC(C)(C)C. The summed E-state index contributed by atoms with van der Waals surface area (Å²) >= 11 is 0. The smallest absolute Gasteiger partial charge is 0.329 e. The number of likely N-dealkylation sites (N-methyl/N-ethyl adjacent to an activating group) is 1. The van der Waals surface area contributed by atoms with Gasteiger partial charge in [0.05, 0.1) is 13.2 Å². The molecule has 0 bridgehead atoms. The Labute approximate surface area is 128 Å². The molecule has 1 aromatic rings. The van der Waals surface area contributed by atoms with Crippen molar-refractivity contribution in [3.8, 4) is 0 Å². The minimum absolute atomic E-state index is 0.270. The third-order valence-corrected chi connectivity index (χ3v) is 3.32. The van der Waals surface area contributed by atoms with E-state index in [-0.39, 0.29) is 12.6 Å². The maximum Gasteiger partial charge on any atom is 0.329 e. The van der Waals surface area contributed by atoms with Gasteiger partial charge in [-0.05, 0) is 47.4 Å². The molecule has 4 nitrogen and oxygen atoms in total. The molecule has 118 valence electrons. The summed E-state index contributed by atoms with van der Waals surface area (Å²) in [5.74, 6) is -0.270. The Morgan fingerprint density at radius 1 is 1.10 bits per heavy atom. The predicted octanol–water partition coefficient (Wildman–Crippen LogP) is 2.87. The predicted molar refractivity (Wildman–Crippen MR) is 84.0 cm³/mol. The van der Waals surface area contributed by atoms with Crippen LogP contribution >= 0.6 is 0 Å². The number of ether oxygens (including phenoxy) is 2. The normalized spacial score (nSPS) is 14.8. The quantitative estimate of drug-likeness (QED) is 0.756. The molecule has 0 aromatic heterocycles. The van der Waals surface area contributed by atoms with Crippen LogP contribution < -0.4 is 0 Å². The van der Waals surface area contributed by atoms with Crippen molar-refractivity contribution in [3.63, 3.8) is 0 Å². The average Bonchev–Trinajstić information content (AvgIpc) is 2.37. The zero-order valence-corrected chi connectivity index (χ0v) is 14.0. The second-order valence-electron chi connectivity index (χ2n) is 6.65. The lowest BCUT2D eigenvalue weighted by atomic mass is 10.0. The molecule has 1 unspecified atom stereocenters. The first kappa shape index (κ1) is 17.7. The minimum Gasteiger partial charge on any atom is -0.459 e. The van der Waals surface area contributed by atoms with Gasteiger partial charge in [0.2, 0.25) is 0 Å². The Morgan fingerprint density at radius 3 is 2.14 bits per heavy atom. The van der Waals surface area contributed by atoms with Crippen molar-refractivity contribution >= 4 is 5.97 Å². The van der Waals surface area contributed by atoms with Crippen molar-refractivity contribution in [2.75, 3.05) is 20.7 Å². The monoisotopic (exact) mass is 293 g/mol. The van der Waals surface area contributed by atoms with Gasteiger partial charge in [0, 0.05) is 0 Å². The third kappa shape index (κ3) is 5.48. The molecule has 0 N–H and O–H groups in total. The Kier molecular flexibility index (Phi) is 5.93. The molecule has 0 saturated carbocycles. The lowest BCUT2D eigenvalue weighted by Crippen LogP contribution is -2.54. The van der Waals surface area contributed by atoms with E-state index in [1.807, 2.05) is 77.0 Å². The van der Waals surface area contributed by atoms with Crippen molar-refractivity contribution in [2.24, 2.45) is 0 Å². The van der Waals surface area contributed by atoms with Gasteiger partial charge in [-0.2, -0.15) is 0 Å². The number of carbonyl (C=O) groups is 1. The molecule has 0 amide bonds. The molecule has 0 radical (unpaired) electrons. The molecule has 0 aliphatic carbocycles. The van der Waals surface area contributed by atoms with Gasteiger partial charge in [-0.15, -0.1) is 0 Å². The molecule has 0 saturated heterocycles. The molecule has 4 heteroatoms. The van der Waals surface area contributed by atoms with Crippen LogP contribution in [-0.4, -0.2) is 42.7 Å². The van der Waals surface area contributed by atoms with E-state index in [9.17, 15) is 4.79 Å². The highest BCUT2D eigenvalue weighted by Gasteiger charge is 2.39. The number of hydrogen-bond donors (Lipinski definition) is 0. The molecular formula is C17H27NO3. The standard InChI is InChI=1S/C17H27NO3/c1-16(2,3)21-15(19)17(4,18(5)6)13-20-12-14-10-8-7-9-11-14/h7-11H,12-13H2,1-6H3. The maximum absolute atomic E-state index is 12.4. The van der Waals surface area contributed by atoms with Crippen molar-refractivity contribution in [1.82, 2.24) is 4.90 Å². The highest BCUT2D eigenvalue weighted by Crippen LogP contribution is 2.19. The molecule has 1 rings (SSSR count). The maximum atomic E-state index is 12.4. The lowest BCUT2D eigenvalue weighted by Gasteiger charge is -2.36. The fourth-order valence-corrected chi connectivity index (χ4v) is 1.70. The minimum atomic E-state index is -0.804. The van der Waals surface area contributed by atoms with Gasteiger partial charge in [0.1, 0.15) is 11.1 Å². The largest absolute Gasteiger partial charge is 0.459 e. The number of hydrogen-bond acceptors (Lipinski definition) is 4. The van der Waals surface area contributed by atoms with Crippen LogP contribution in [-0.2, 0) is 20.9 Å². The topological polar surface area (TPSA) is 38.8 Å². The van der Waals surface area contributed by atoms with E-state index < -0.39 is 11.1 Å². The summed E-state index contributed by atoms with van der Waals surface area (Å²) in [6.07, 6.45) is 0. The first-order chi connectivity index (χ1) is 9.65. The zero-order valence-electron chi connectivity index (χ0n) is 14.0. The van der Waals surface area contributed by atoms with E-state index >= 15 is 0 Å². The molecule has 0 heterocycles. The van der Waals surface area contributed by atoms with Crippen molar-refractivity contribution in [3.05, 3.63) is 35.9 Å². The third-order valence-electron chi connectivity index (χ3n) is 3.32. The Bertz CT molecular complexity index is 451. The van der Waals surface area contributed by atoms with E-state index in [1.54, 1.807) is 0 Å². The van der Waals surface area contributed by atoms with Crippen LogP contribution in [0.4, 0.5) is 0 Å². The van der Waals surface area contributed by atoms with Gasteiger partial charge in [0.25, 0.3) is 0 Å². The molecule has 0 spiro atoms. The Hall–Kier alpha value is -1.39. The second-order valence-corrected chi connectivity index (χ2v) is 6.65. The first-order valence-electron chi connectivity index (χ1n) is 7.18. The van der Waals surface area contributed by atoms with E-state index in [4.69, 9.17) is 9.47 Å². The number of nitrogens with zero attached hydrogens (tertiary/aromatic N) is 1. The van der Waals surface area contributed by atoms with Crippen LogP contribution in [0.2, 0.25) is 0 Å². The van der Waals surface area contributed by atoms with Crippen LogP contribution in [0, 0.1) is 0 Å². The van der Waals surface area contributed by atoms with Crippen molar-refractivity contribution < 1.29 is 14.3 Å². The van der Waals surface area contributed by atoms with E-state index in [0.717, 1.165) is 5.56 Å². The van der Waals surface area contributed by atoms with Gasteiger partial charge in [0.15, 0.2) is 0 Å². The summed E-state index contributed by atoms with van der Waals surface area (Å²) in [5, 5.41) is 0. The van der Waals surface area contributed by atoms with Gasteiger partial charge in [-0.3, -0.25) is 4.90 Å². The van der Waals surface area contributed by atoms with Gasteiger partial charge in [-0.1, -0.05) is 30.3 Å². The van der Waals surface area contributed by atoms with Crippen LogP contribution in [0.5, 0.6) is 0 Å². The van der Waals surface area contributed by atoms with E-state index in [0.29, 0.717) is 6.61 Å². The van der Waals surface area contributed by atoms with Gasteiger partial charge in [-0.25, -0.2) is 4.79 Å². The Morgan fingerprint density at radius 2 is 1.67 bits per heavy atom. The zero-order chi connectivity index (χ0) is 16.1. The van der Waals surface area contributed by atoms with Gasteiger partial charge >= 0.3 is 5.97 Å². The fraction of sp³-hybridized carbons (Fsp3) is 0.588. The Balaban J connectivity index is 2.66. The summed E-state index contributed by atoms with van der Waals surface area (Å²) in [4.78, 5) is 14.3.